The Morgan fingerprint density at radius 2 is 1.85 bits per heavy atom. The lowest BCUT2D eigenvalue weighted by molar-refractivity contribution is -0.142. The van der Waals surface area contributed by atoms with E-state index in [1.165, 1.54) is 0 Å². The fourth-order valence-electron chi connectivity index (χ4n) is 4.00. The summed E-state index contributed by atoms with van der Waals surface area (Å²) in [6.45, 7) is 4.53. The van der Waals surface area contributed by atoms with Crippen LogP contribution in [0.2, 0.25) is 0 Å². The van der Waals surface area contributed by atoms with E-state index in [-0.39, 0.29) is 31.4 Å². The molecule has 0 spiro atoms. The topological polar surface area (TPSA) is 74.7 Å². The predicted molar refractivity (Wildman–Crippen MR) is 130 cm³/mol. The number of halogens is 1. The molecule has 34 heavy (non-hydrogen) atoms. The molecule has 1 heterocycles. The van der Waals surface area contributed by atoms with Gasteiger partial charge in [-0.2, -0.15) is 0 Å². The Kier molecular flexibility index (Phi) is 7.28. The van der Waals surface area contributed by atoms with Crippen LogP contribution in [-0.2, 0) is 35.5 Å². The number of esters is 1. The number of hydrogen-bond acceptors (Lipinski definition) is 5. The van der Waals surface area contributed by atoms with E-state index in [1.54, 1.807) is 31.4 Å². The SMILES string of the molecule is CCOC(=O)Cc1ccc(CC)cc1OCc1cc(-c2cccc(CN)c2F)c2occc2c1. The molecular weight excluding hydrogens is 433 g/mol. The Balaban J connectivity index is 1.67. The first kappa shape index (κ1) is 23.5. The van der Waals surface area contributed by atoms with E-state index < -0.39 is 0 Å². The van der Waals surface area contributed by atoms with Crippen molar-refractivity contribution < 1.29 is 23.1 Å². The van der Waals surface area contributed by atoms with Crippen LogP contribution in [-0.4, -0.2) is 12.6 Å². The van der Waals surface area contributed by atoms with Crippen LogP contribution in [0.1, 0.15) is 36.1 Å². The van der Waals surface area contributed by atoms with Crippen molar-refractivity contribution in [1.82, 2.24) is 0 Å². The van der Waals surface area contributed by atoms with Crippen molar-refractivity contribution in [3.8, 4) is 16.9 Å². The molecule has 0 saturated heterocycles. The van der Waals surface area contributed by atoms with E-state index in [0.717, 1.165) is 28.5 Å². The number of furan rings is 1. The minimum absolute atomic E-state index is 0.112. The lowest BCUT2D eigenvalue weighted by Crippen LogP contribution is -2.09. The third kappa shape index (κ3) is 4.97. The number of aryl methyl sites for hydroxylation is 1. The van der Waals surface area contributed by atoms with Gasteiger partial charge in [0.2, 0.25) is 0 Å². The summed E-state index contributed by atoms with van der Waals surface area (Å²) in [5, 5.41) is 0.850. The molecule has 0 fully saturated rings. The summed E-state index contributed by atoms with van der Waals surface area (Å²) in [6, 6.07) is 16.7. The molecule has 0 aliphatic carbocycles. The van der Waals surface area contributed by atoms with E-state index in [1.807, 2.05) is 36.4 Å². The number of carbonyl (C=O) groups excluding carboxylic acids is 1. The zero-order valence-electron chi connectivity index (χ0n) is 19.4. The molecule has 0 unspecified atom stereocenters. The normalized spacial score (nSPS) is 11.1. The quantitative estimate of drug-likeness (QED) is 0.312. The summed E-state index contributed by atoms with van der Waals surface area (Å²) in [6.07, 6.45) is 2.57. The lowest BCUT2D eigenvalue weighted by Gasteiger charge is -2.14. The van der Waals surface area contributed by atoms with Gasteiger partial charge >= 0.3 is 5.97 Å². The average Bonchev–Trinajstić information content (AvgIpc) is 3.32. The van der Waals surface area contributed by atoms with Gasteiger partial charge in [0.25, 0.3) is 0 Å². The van der Waals surface area contributed by atoms with E-state index in [4.69, 9.17) is 19.6 Å². The van der Waals surface area contributed by atoms with Crippen LogP contribution in [0.4, 0.5) is 4.39 Å². The van der Waals surface area contributed by atoms with Crippen molar-refractivity contribution in [1.29, 1.82) is 0 Å². The average molecular weight is 462 g/mol. The van der Waals surface area contributed by atoms with Gasteiger partial charge in [-0.3, -0.25) is 4.79 Å². The molecule has 0 bridgehead atoms. The van der Waals surface area contributed by atoms with Crippen molar-refractivity contribution in [2.45, 2.75) is 39.8 Å². The first-order valence-electron chi connectivity index (χ1n) is 11.4. The molecule has 6 heteroatoms. The summed E-state index contributed by atoms with van der Waals surface area (Å²) in [4.78, 5) is 12.1. The lowest BCUT2D eigenvalue weighted by atomic mass is 9.98. The van der Waals surface area contributed by atoms with Crippen molar-refractivity contribution in [2.24, 2.45) is 5.73 Å². The molecule has 0 amide bonds. The maximum atomic E-state index is 15.1. The van der Waals surface area contributed by atoms with Gasteiger partial charge in [-0.05, 0) is 48.7 Å². The molecule has 0 saturated carbocycles. The van der Waals surface area contributed by atoms with E-state index >= 15 is 4.39 Å². The molecule has 3 aromatic carbocycles. The van der Waals surface area contributed by atoms with E-state index in [0.29, 0.717) is 34.6 Å². The summed E-state index contributed by atoms with van der Waals surface area (Å²) in [7, 11) is 0. The van der Waals surface area contributed by atoms with E-state index in [9.17, 15) is 4.79 Å². The van der Waals surface area contributed by atoms with Gasteiger partial charge in [0.1, 0.15) is 23.8 Å². The Morgan fingerprint density at radius 1 is 1.00 bits per heavy atom. The monoisotopic (exact) mass is 461 g/mol. The molecule has 0 radical (unpaired) electrons. The molecule has 0 aliphatic heterocycles. The van der Waals surface area contributed by atoms with Gasteiger partial charge in [0.05, 0.1) is 19.3 Å². The van der Waals surface area contributed by atoms with Crippen LogP contribution >= 0.6 is 0 Å². The third-order valence-electron chi connectivity index (χ3n) is 5.77. The number of fused-ring (bicyclic) bond motifs is 1. The van der Waals surface area contributed by atoms with Crippen LogP contribution in [0, 0.1) is 5.82 Å². The summed E-state index contributed by atoms with van der Waals surface area (Å²) in [5.41, 5.74) is 10.6. The number of hydrogen-bond donors (Lipinski definition) is 1. The molecule has 1 aromatic heterocycles. The van der Waals surface area contributed by atoms with Gasteiger partial charge in [0, 0.05) is 34.2 Å². The van der Waals surface area contributed by atoms with Crippen LogP contribution in [0.5, 0.6) is 5.75 Å². The Labute approximate surface area is 198 Å². The molecule has 4 rings (SSSR count). The summed E-state index contributed by atoms with van der Waals surface area (Å²) >= 11 is 0. The van der Waals surface area contributed by atoms with Crippen molar-refractivity contribution in [3.05, 3.63) is 88.9 Å². The van der Waals surface area contributed by atoms with Gasteiger partial charge in [-0.25, -0.2) is 4.39 Å². The number of rotatable bonds is 9. The summed E-state index contributed by atoms with van der Waals surface area (Å²) in [5.74, 6) is -0.0142. The minimum atomic E-state index is -0.354. The van der Waals surface area contributed by atoms with Gasteiger partial charge in [-0.1, -0.05) is 37.3 Å². The fraction of sp³-hybridized carbons (Fsp3) is 0.250. The second-order valence-electron chi connectivity index (χ2n) is 8.03. The van der Waals surface area contributed by atoms with Gasteiger partial charge in [-0.15, -0.1) is 0 Å². The molecule has 5 nitrogen and oxygen atoms in total. The molecule has 176 valence electrons. The van der Waals surface area contributed by atoms with Gasteiger partial charge < -0.3 is 19.6 Å². The molecular formula is C28H28FNO4. The second-order valence-corrected chi connectivity index (χ2v) is 8.03. The number of nitrogens with two attached hydrogens (primary N) is 1. The predicted octanol–water partition coefficient (Wildman–Crippen LogP) is 5.94. The maximum absolute atomic E-state index is 15.1. The third-order valence-corrected chi connectivity index (χ3v) is 5.77. The fourth-order valence-corrected chi connectivity index (χ4v) is 4.00. The highest BCUT2D eigenvalue weighted by Crippen LogP contribution is 2.34. The van der Waals surface area contributed by atoms with Crippen LogP contribution < -0.4 is 10.5 Å². The zero-order chi connectivity index (χ0) is 24.1. The molecule has 0 aliphatic rings. The number of carbonyl (C=O) groups is 1. The van der Waals surface area contributed by atoms with Crippen LogP contribution in [0.3, 0.4) is 0 Å². The van der Waals surface area contributed by atoms with E-state index in [2.05, 4.69) is 6.92 Å². The maximum Gasteiger partial charge on any atom is 0.310 e. The Hall–Kier alpha value is -3.64. The minimum Gasteiger partial charge on any atom is -0.489 e. The van der Waals surface area contributed by atoms with Crippen molar-refractivity contribution >= 4 is 16.9 Å². The highest BCUT2D eigenvalue weighted by molar-refractivity contribution is 5.93. The summed E-state index contributed by atoms with van der Waals surface area (Å²) < 4.78 is 32.1. The van der Waals surface area contributed by atoms with Crippen LogP contribution in [0.25, 0.3) is 22.1 Å². The second kappa shape index (κ2) is 10.5. The molecule has 2 N–H and O–H groups in total. The Bertz CT molecular complexity index is 1310. The highest BCUT2D eigenvalue weighted by atomic mass is 19.1. The smallest absolute Gasteiger partial charge is 0.310 e. The van der Waals surface area contributed by atoms with Crippen molar-refractivity contribution in [3.63, 3.8) is 0 Å². The Morgan fingerprint density at radius 3 is 2.62 bits per heavy atom. The number of ether oxygens (including phenoxy) is 2. The molecule has 0 atom stereocenters. The van der Waals surface area contributed by atoms with Crippen LogP contribution in [0.15, 0.2) is 65.3 Å². The highest BCUT2D eigenvalue weighted by Gasteiger charge is 2.16. The largest absolute Gasteiger partial charge is 0.489 e. The first-order chi connectivity index (χ1) is 16.5. The number of benzene rings is 3. The standard InChI is InChI=1S/C28H28FNO4/c1-3-18-8-9-20(15-26(31)32-4-2)25(14-18)34-17-19-12-21-10-11-33-28(21)24(13-19)23-7-5-6-22(16-30)27(23)29/h5-14H,3-4,15-17,30H2,1-2H3. The zero-order valence-corrected chi connectivity index (χ0v) is 19.4. The molecule has 4 aromatic rings. The first-order valence-corrected chi connectivity index (χ1v) is 11.4. The van der Waals surface area contributed by atoms with Gasteiger partial charge in [0.15, 0.2) is 0 Å². The van der Waals surface area contributed by atoms with Crippen molar-refractivity contribution in [2.75, 3.05) is 6.61 Å².